The van der Waals surface area contributed by atoms with Crippen LogP contribution in [0.3, 0.4) is 0 Å². The van der Waals surface area contributed by atoms with Gasteiger partial charge in [0.15, 0.2) is 0 Å². The molecule has 1 aromatic carbocycles. The molecule has 0 spiro atoms. The number of nitrogens with one attached hydrogen (secondary N) is 1. The van der Waals surface area contributed by atoms with Crippen LogP contribution in [0.4, 0.5) is 5.82 Å². The van der Waals surface area contributed by atoms with Gasteiger partial charge in [0.25, 0.3) is 0 Å². The molecule has 1 aliphatic rings. The molecule has 21 heavy (non-hydrogen) atoms. The number of nitrogens with zero attached hydrogens (tertiary/aromatic N) is 2. The molecule has 0 radical (unpaired) electrons. The highest BCUT2D eigenvalue weighted by Crippen LogP contribution is 2.36. The summed E-state index contributed by atoms with van der Waals surface area (Å²) in [7, 11) is 6.03. The minimum absolute atomic E-state index is 0.288. The van der Waals surface area contributed by atoms with Gasteiger partial charge in [-0.25, -0.2) is 4.98 Å². The lowest BCUT2D eigenvalue weighted by Gasteiger charge is -2.47. The zero-order valence-electron chi connectivity index (χ0n) is 13.0. The van der Waals surface area contributed by atoms with Gasteiger partial charge in [0, 0.05) is 23.7 Å². The van der Waals surface area contributed by atoms with Gasteiger partial charge in [-0.3, -0.25) is 0 Å². The maximum atomic E-state index is 5.29. The highest BCUT2D eigenvalue weighted by atomic mass is 16.5. The van der Waals surface area contributed by atoms with Gasteiger partial charge in [-0.2, -0.15) is 0 Å². The standard InChI is InChI=1S/C17H23N3O/c1-20(2)17(8-4-9-17)12-19-16-15-6-5-14(21-3)11-13(15)7-10-18-16/h5-7,10-11H,4,8-9,12H2,1-3H3,(H,18,19). The molecule has 1 fully saturated rings. The number of anilines is 1. The van der Waals surface area contributed by atoms with Crippen LogP contribution in [0.5, 0.6) is 5.75 Å². The number of fused-ring (bicyclic) bond motifs is 1. The summed E-state index contributed by atoms with van der Waals surface area (Å²) in [5, 5.41) is 5.85. The van der Waals surface area contributed by atoms with Crippen LogP contribution < -0.4 is 10.1 Å². The average molecular weight is 285 g/mol. The number of rotatable bonds is 5. The third kappa shape index (κ3) is 2.56. The molecule has 2 aromatic rings. The molecule has 1 aromatic heterocycles. The Morgan fingerprint density at radius 2 is 2.10 bits per heavy atom. The molecule has 1 aliphatic carbocycles. The van der Waals surface area contributed by atoms with Crippen LogP contribution >= 0.6 is 0 Å². The normalized spacial score (nSPS) is 16.8. The number of likely N-dealkylation sites (N-methyl/N-ethyl adjacent to an activating group) is 1. The molecule has 0 amide bonds. The summed E-state index contributed by atoms with van der Waals surface area (Å²) in [4.78, 5) is 6.86. The number of methoxy groups -OCH3 is 1. The Bertz CT molecular complexity index is 635. The monoisotopic (exact) mass is 285 g/mol. The summed E-state index contributed by atoms with van der Waals surface area (Å²) in [6.45, 7) is 0.943. The quantitative estimate of drug-likeness (QED) is 0.916. The number of ether oxygens (including phenoxy) is 1. The molecule has 0 saturated heterocycles. The molecule has 1 saturated carbocycles. The molecule has 1 heterocycles. The molecule has 112 valence electrons. The lowest BCUT2D eigenvalue weighted by Crippen LogP contribution is -2.54. The maximum absolute atomic E-state index is 5.29. The zero-order valence-corrected chi connectivity index (χ0v) is 13.0. The second-order valence-electron chi connectivity index (χ2n) is 6.07. The van der Waals surface area contributed by atoms with Crippen molar-refractivity contribution >= 4 is 16.6 Å². The van der Waals surface area contributed by atoms with E-state index in [1.54, 1.807) is 7.11 Å². The van der Waals surface area contributed by atoms with Crippen molar-refractivity contribution in [2.75, 3.05) is 33.1 Å². The summed E-state index contributed by atoms with van der Waals surface area (Å²) in [5.41, 5.74) is 0.288. The summed E-state index contributed by atoms with van der Waals surface area (Å²) in [6, 6.07) is 8.13. The largest absolute Gasteiger partial charge is 0.497 e. The van der Waals surface area contributed by atoms with Crippen molar-refractivity contribution in [3.63, 3.8) is 0 Å². The Hall–Kier alpha value is -1.81. The highest BCUT2D eigenvalue weighted by Gasteiger charge is 2.38. The van der Waals surface area contributed by atoms with Gasteiger partial charge in [-0.1, -0.05) is 0 Å². The third-order valence-corrected chi connectivity index (χ3v) is 4.79. The summed E-state index contributed by atoms with van der Waals surface area (Å²) in [6.07, 6.45) is 5.68. The number of benzene rings is 1. The van der Waals surface area contributed by atoms with E-state index in [2.05, 4.69) is 35.4 Å². The Morgan fingerprint density at radius 3 is 2.71 bits per heavy atom. The maximum Gasteiger partial charge on any atom is 0.133 e. The van der Waals surface area contributed by atoms with Crippen molar-refractivity contribution in [3.8, 4) is 5.75 Å². The van der Waals surface area contributed by atoms with Gasteiger partial charge in [0.1, 0.15) is 11.6 Å². The first-order valence-electron chi connectivity index (χ1n) is 7.49. The molecule has 1 N–H and O–H groups in total. The minimum atomic E-state index is 0.288. The zero-order chi connectivity index (χ0) is 14.9. The molecule has 4 heteroatoms. The second kappa shape index (κ2) is 5.53. The van der Waals surface area contributed by atoms with Gasteiger partial charge in [-0.15, -0.1) is 0 Å². The van der Waals surface area contributed by atoms with Crippen molar-refractivity contribution in [1.29, 1.82) is 0 Å². The van der Waals surface area contributed by atoms with Crippen LogP contribution in [0.1, 0.15) is 19.3 Å². The molecule has 0 atom stereocenters. The Morgan fingerprint density at radius 1 is 1.29 bits per heavy atom. The fourth-order valence-electron chi connectivity index (χ4n) is 3.04. The number of hydrogen-bond donors (Lipinski definition) is 1. The van der Waals surface area contributed by atoms with Crippen molar-refractivity contribution in [3.05, 3.63) is 30.5 Å². The Kier molecular flexibility index (Phi) is 3.72. The highest BCUT2D eigenvalue weighted by molar-refractivity contribution is 5.92. The molecule has 0 bridgehead atoms. The van der Waals surface area contributed by atoms with Crippen LogP contribution in [0.2, 0.25) is 0 Å². The number of hydrogen-bond acceptors (Lipinski definition) is 4. The molecule has 4 nitrogen and oxygen atoms in total. The van der Waals surface area contributed by atoms with Gasteiger partial charge in [0.2, 0.25) is 0 Å². The topological polar surface area (TPSA) is 37.4 Å². The summed E-state index contributed by atoms with van der Waals surface area (Å²) < 4.78 is 5.29. The Balaban J connectivity index is 1.84. The summed E-state index contributed by atoms with van der Waals surface area (Å²) in [5.74, 6) is 1.84. The van der Waals surface area contributed by atoms with Crippen molar-refractivity contribution in [1.82, 2.24) is 9.88 Å². The van der Waals surface area contributed by atoms with E-state index in [1.807, 2.05) is 24.4 Å². The Labute approximate surface area is 126 Å². The second-order valence-corrected chi connectivity index (χ2v) is 6.07. The van der Waals surface area contributed by atoms with E-state index < -0.39 is 0 Å². The van der Waals surface area contributed by atoms with Crippen molar-refractivity contribution < 1.29 is 4.74 Å². The molecular formula is C17H23N3O. The lowest BCUT2D eigenvalue weighted by atomic mass is 9.75. The van der Waals surface area contributed by atoms with Crippen LogP contribution in [-0.2, 0) is 0 Å². The average Bonchev–Trinajstić information content (AvgIpc) is 2.45. The fourth-order valence-corrected chi connectivity index (χ4v) is 3.04. The van der Waals surface area contributed by atoms with Gasteiger partial charge in [0.05, 0.1) is 7.11 Å². The van der Waals surface area contributed by atoms with Crippen LogP contribution in [0.15, 0.2) is 30.5 Å². The molecular weight excluding hydrogens is 262 g/mol. The minimum Gasteiger partial charge on any atom is -0.497 e. The van der Waals surface area contributed by atoms with Crippen LogP contribution in [0, 0.1) is 0 Å². The summed E-state index contributed by atoms with van der Waals surface area (Å²) >= 11 is 0. The molecule has 0 aliphatic heterocycles. The van der Waals surface area contributed by atoms with E-state index >= 15 is 0 Å². The van der Waals surface area contributed by atoms with E-state index in [4.69, 9.17) is 4.74 Å². The first-order valence-corrected chi connectivity index (χ1v) is 7.49. The predicted octanol–water partition coefficient (Wildman–Crippen LogP) is 3.14. The SMILES string of the molecule is COc1ccc2c(NCC3(N(C)C)CCC3)nccc2c1. The molecule has 0 unspecified atom stereocenters. The number of aromatic nitrogens is 1. The third-order valence-electron chi connectivity index (χ3n) is 4.79. The van der Waals surface area contributed by atoms with Crippen molar-refractivity contribution in [2.45, 2.75) is 24.8 Å². The van der Waals surface area contributed by atoms with E-state index in [0.717, 1.165) is 28.9 Å². The van der Waals surface area contributed by atoms with Gasteiger partial charge >= 0.3 is 0 Å². The van der Waals surface area contributed by atoms with Gasteiger partial charge < -0.3 is 15.0 Å². The van der Waals surface area contributed by atoms with Crippen molar-refractivity contribution in [2.24, 2.45) is 0 Å². The lowest BCUT2D eigenvalue weighted by molar-refractivity contribution is 0.0738. The fraction of sp³-hybridized carbons (Fsp3) is 0.471. The van der Waals surface area contributed by atoms with E-state index in [-0.39, 0.29) is 5.54 Å². The first kappa shape index (κ1) is 14.1. The predicted molar refractivity (Wildman–Crippen MR) is 87.1 cm³/mol. The van der Waals surface area contributed by atoms with E-state index in [0.29, 0.717) is 0 Å². The van der Waals surface area contributed by atoms with Gasteiger partial charge in [-0.05, 0) is 63.0 Å². The molecule has 3 rings (SSSR count). The first-order chi connectivity index (χ1) is 10.1. The smallest absolute Gasteiger partial charge is 0.133 e. The van der Waals surface area contributed by atoms with E-state index in [9.17, 15) is 0 Å². The van der Waals surface area contributed by atoms with Crippen LogP contribution in [-0.4, -0.2) is 43.2 Å². The van der Waals surface area contributed by atoms with Crippen LogP contribution in [0.25, 0.3) is 10.8 Å². The number of pyridine rings is 1. The van der Waals surface area contributed by atoms with E-state index in [1.165, 1.54) is 19.3 Å².